The summed E-state index contributed by atoms with van der Waals surface area (Å²) in [6, 6.07) is 4.21. The highest BCUT2D eigenvalue weighted by atomic mass is 79.9. The van der Waals surface area contributed by atoms with E-state index in [9.17, 15) is 8.78 Å². The second-order valence-corrected chi connectivity index (χ2v) is 5.52. The summed E-state index contributed by atoms with van der Waals surface area (Å²) in [5, 5.41) is 0. The summed E-state index contributed by atoms with van der Waals surface area (Å²) < 4.78 is 25.6. The Kier molecular flexibility index (Phi) is 3.39. The zero-order valence-corrected chi connectivity index (χ0v) is 9.94. The number of hydrogen-bond acceptors (Lipinski definition) is 0. The average Bonchev–Trinajstić information content (AvgIpc) is 2.58. The fourth-order valence-corrected chi connectivity index (χ4v) is 2.99. The first-order valence-corrected chi connectivity index (χ1v) is 6.14. The largest absolute Gasteiger partial charge is 0.204 e. The number of alkyl halides is 1. The first-order valence-electron chi connectivity index (χ1n) is 5.23. The zero-order valence-electron chi connectivity index (χ0n) is 8.35. The van der Waals surface area contributed by atoms with E-state index in [-0.39, 0.29) is 0 Å². The maximum atomic E-state index is 12.9. The van der Waals surface area contributed by atoms with Gasteiger partial charge in [0.05, 0.1) is 0 Å². The van der Waals surface area contributed by atoms with Gasteiger partial charge in [0.2, 0.25) is 0 Å². The molecular weight excluding hydrogens is 262 g/mol. The minimum Gasteiger partial charge on any atom is -0.204 e. The van der Waals surface area contributed by atoms with Crippen LogP contribution < -0.4 is 0 Å². The highest BCUT2D eigenvalue weighted by Crippen LogP contribution is 2.33. The van der Waals surface area contributed by atoms with Crippen molar-refractivity contribution in [2.45, 2.75) is 30.5 Å². The molecule has 0 aromatic heterocycles. The van der Waals surface area contributed by atoms with E-state index in [0.717, 1.165) is 18.4 Å². The molecular formula is C12H13BrF2. The summed E-state index contributed by atoms with van der Waals surface area (Å²) in [6.07, 6.45) is 4.36. The lowest BCUT2D eigenvalue weighted by Gasteiger charge is -2.09. The van der Waals surface area contributed by atoms with Gasteiger partial charge in [0.1, 0.15) is 0 Å². The second kappa shape index (κ2) is 4.60. The highest BCUT2D eigenvalue weighted by Gasteiger charge is 2.22. The van der Waals surface area contributed by atoms with Crippen LogP contribution in [0.1, 0.15) is 24.8 Å². The van der Waals surface area contributed by atoms with Gasteiger partial charge in [0.15, 0.2) is 11.6 Å². The second-order valence-electron chi connectivity index (χ2n) is 4.23. The highest BCUT2D eigenvalue weighted by molar-refractivity contribution is 9.09. The van der Waals surface area contributed by atoms with E-state index < -0.39 is 11.6 Å². The van der Waals surface area contributed by atoms with E-state index in [1.54, 1.807) is 6.07 Å². The Balaban J connectivity index is 2.02. The maximum Gasteiger partial charge on any atom is 0.159 e. The first-order chi connectivity index (χ1) is 7.15. The molecule has 0 N–H and O–H groups in total. The molecule has 0 saturated heterocycles. The third kappa shape index (κ3) is 2.77. The quantitative estimate of drug-likeness (QED) is 0.714. The molecule has 0 heterocycles. The van der Waals surface area contributed by atoms with Crippen LogP contribution >= 0.6 is 15.9 Å². The molecule has 0 amide bonds. The van der Waals surface area contributed by atoms with Gasteiger partial charge < -0.3 is 0 Å². The molecule has 2 rings (SSSR count). The lowest BCUT2D eigenvalue weighted by Crippen LogP contribution is -2.01. The summed E-state index contributed by atoms with van der Waals surface area (Å²) in [5.74, 6) is -0.885. The van der Waals surface area contributed by atoms with E-state index in [2.05, 4.69) is 15.9 Å². The Hall–Kier alpha value is -0.440. The number of benzene rings is 1. The number of hydrogen-bond donors (Lipinski definition) is 0. The molecule has 0 radical (unpaired) electrons. The molecule has 1 fully saturated rings. The van der Waals surface area contributed by atoms with Crippen LogP contribution in [-0.2, 0) is 6.42 Å². The van der Waals surface area contributed by atoms with Gasteiger partial charge >= 0.3 is 0 Å². The van der Waals surface area contributed by atoms with Crippen molar-refractivity contribution in [3.63, 3.8) is 0 Å². The van der Waals surface area contributed by atoms with Gasteiger partial charge in [-0.2, -0.15) is 0 Å². The summed E-state index contributed by atoms with van der Waals surface area (Å²) in [4.78, 5) is 0.604. The molecule has 15 heavy (non-hydrogen) atoms. The first kappa shape index (κ1) is 11.1. The predicted octanol–water partition coefficient (Wildman–Crippen LogP) is 4.07. The minimum atomic E-state index is -0.761. The fourth-order valence-electron chi connectivity index (χ4n) is 2.20. The molecule has 1 aromatic rings. The molecule has 2 atom stereocenters. The normalized spacial score (nSPS) is 25.8. The third-order valence-electron chi connectivity index (χ3n) is 2.99. The minimum absolute atomic E-state index is 0.604. The van der Waals surface area contributed by atoms with Crippen LogP contribution in [0.15, 0.2) is 18.2 Å². The van der Waals surface area contributed by atoms with Gasteiger partial charge in [-0.15, -0.1) is 0 Å². The van der Waals surface area contributed by atoms with Crippen molar-refractivity contribution in [1.29, 1.82) is 0 Å². The summed E-state index contributed by atoms with van der Waals surface area (Å²) in [5.41, 5.74) is 0.903. The Morgan fingerprint density at radius 2 is 2.00 bits per heavy atom. The fraction of sp³-hybridized carbons (Fsp3) is 0.500. The van der Waals surface area contributed by atoms with Crippen LogP contribution in [0.2, 0.25) is 0 Å². The summed E-state index contributed by atoms with van der Waals surface area (Å²) >= 11 is 3.58. The monoisotopic (exact) mass is 274 g/mol. The van der Waals surface area contributed by atoms with Gasteiger partial charge in [-0.3, -0.25) is 0 Å². The molecule has 3 heteroatoms. The van der Waals surface area contributed by atoms with E-state index in [1.807, 2.05) is 0 Å². The Morgan fingerprint density at radius 3 is 2.60 bits per heavy atom. The molecule has 2 unspecified atom stereocenters. The van der Waals surface area contributed by atoms with Crippen molar-refractivity contribution in [2.75, 3.05) is 0 Å². The SMILES string of the molecule is Fc1ccc(CC2CCC(Br)C2)cc1F. The third-order valence-corrected chi connectivity index (χ3v) is 3.82. The van der Waals surface area contributed by atoms with Crippen molar-refractivity contribution in [3.8, 4) is 0 Å². The van der Waals surface area contributed by atoms with Crippen LogP contribution in [0, 0.1) is 17.6 Å². The van der Waals surface area contributed by atoms with Crippen LogP contribution in [0.25, 0.3) is 0 Å². The van der Waals surface area contributed by atoms with Crippen molar-refractivity contribution in [1.82, 2.24) is 0 Å². The molecule has 1 saturated carbocycles. The van der Waals surface area contributed by atoms with Gasteiger partial charge in [-0.1, -0.05) is 22.0 Å². The van der Waals surface area contributed by atoms with E-state index in [0.29, 0.717) is 10.7 Å². The van der Waals surface area contributed by atoms with Crippen LogP contribution in [0.5, 0.6) is 0 Å². The Labute approximate surface area is 96.8 Å². The predicted molar refractivity (Wildman–Crippen MR) is 60.1 cm³/mol. The molecule has 0 bridgehead atoms. The van der Waals surface area contributed by atoms with Crippen LogP contribution in [-0.4, -0.2) is 4.83 Å². The van der Waals surface area contributed by atoms with Gasteiger partial charge in [-0.25, -0.2) is 8.78 Å². The van der Waals surface area contributed by atoms with E-state index in [4.69, 9.17) is 0 Å². The topological polar surface area (TPSA) is 0 Å². The van der Waals surface area contributed by atoms with E-state index >= 15 is 0 Å². The van der Waals surface area contributed by atoms with Crippen molar-refractivity contribution in [2.24, 2.45) is 5.92 Å². The van der Waals surface area contributed by atoms with Gasteiger partial charge in [0, 0.05) is 4.83 Å². The summed E-state index contributed by atoms with van der Waals surface area (Å²) in [6.45, 7) is 0. The molecule has 0 nitrogen and oxygen atoms in total. The standard InChI is InChI=1S/C12H13BrF2/c13-10-3-1-8(6-10)5-9-2-4-11(14)12(15)7-9/h2,4,7-8,10H,1,3,5-6H2. The van der Waals surface area contributed by atoms with Crippen molar-refractivity contribution >= 4 is 15.9 Å². The summed E-state index contributed by atoms with van der Waals surface area (Å²) in [7, 11) is 0. The lowest BCUT2D eigenvalue weighted by molar-refractivity contribution is 0.501. The average molecular weight is 275 g/mol. The zero-order chi connectivity index (χ0) is 10.8. The maximum absolute atomic E-state index is 12.9. The number of halogens is 3. The molecule has 0 aliphatic heterocycles. The Bertz CT molecular complexity index is 351. The number of rotatable bonds is 2. The van der Waals surface area contributed by atoms with Crippen LogP contribution in [0.3, 0.4) is 0 Å². The van der Waals surface area contributed by atoms with Gasteiger partial charge in [0.25, 0.3) is 0 Å². The molecule has 1 aliphatic carbocycles. The lowest BCUT2D eigenvalue weighted by atomic mass is 9.98. The Morgan fingerprint density at radius 1 is 1.20 bits per heavy atom. The molecule has 82 valence electrons. The molecule has 0 spiro atoms. The smallest absolute Gasteiger partial charge is 0.159 e. The van der Waals surface area contributed by atoms with Gasteiger partial charge in [-0.05, 0) is 49.3 Å². The van der Waals surface area contributed by atoms with E-state index in [1.165, 1.54) is 25.0 Å². The van der Waals surface area contributed by atoms with Crippen LogP contribution in [0.4, 0.5) is 8.78 Å². The molecule has 1 aromatic carbocycles. The molecule has 1 aliphatic rings. The van der Waals surface area contributed by atoms with Crippen molar-refractivity contribution in [3.05, 3.63) is 35.4 Å². The van der Waals surface area contributed by atoms with Crippen molar-refractivity contribution < 1.29 is 8.78 Å².